The van der Waals surface area contributed by atoms with Crippen molar-refractivity contribution in [2.24, 2.45) is 0 Å². The van der Waals surface area contributed by atoms with Gasteiger partial charge < -0.3 is 18.8 Å². The summed E-state index contributed by atoms with van der Waals surface area (Å²) < 4.78 is 16.8. The standard InChI is InChI=1S/C23H23ClN4O4/c1-30-17-11-27(12-17)10-15-7-8-20(19(24)9-15)31-18-13-28(14-18)23(29)22-26-25-21(32-22)16-5-3-2-4-6-16/h2-9,17-18H,10-14H2,1H3. The number of aromatic nitrogens is 2. The molecule has 2 aliphatic rings. The van der Waals surface area contributed by atoms with Gasteiger partial charge in [0.2, 0.25) is 5.89 Å². The Bertz CT molecular complexity index is 1090. The number of carbonyl (C=O) groups excluding carboxylic acids is 1. The second-order valence-corrected chi connectivity index (χ2v) is 8.45. The maximum atomic E-state index is 12.6. The molecule has 32 heavy (non-hydrogen) atoms. The van der Waals surface area contributed by atoms with Crippen molar-refractivity contribution in [3.63, 3.8) is 0 Å². The molecule has 0 unspecified atom stereocenters. The molecule has 3 heterocycles. The number of hydrogen-bond donors (Lipinski definition) is 0. The minimum absolute atomic E-state index is 0.0219. The Hall–Kier alpha value is -2.94. The Labute approximate surface area is 190 Å². The van der Waals surface area contributed by atoms with Crippen LogP contribution in [0.2, 0.25) is 5.02 Å². The van der Waals surface area contributed by atoms with Gasteiger partial charge in [0, 0.05) is 32.3 Å². The van der Waals surface area contributed by atoms with Crippen LogP contribution in [0.25, 0.3) is 11.5 Å². The molecule has 166 valence electrons. The third-order valence-corrected chi connectivity index (χ3v) is 6.01. The lowest BCUT2D eigenvalue weighted by atomic mass is 10.1. The van der Waals surface area contributed by atoms with Gasteiger partial charge in [0.05, 0.1) is 24.2 Å². The van der Waals surface area contributed by atoms with Gasteiger partial charge in [-0.15, -0.1) is 10.2 Å². The lowest BCUT2D eigenvalue weighted by Crippen LogP contribution is -2.56. The quantitative estimate of drug-likeness (QED) is 0.542. The van der Waals surface area contributed by atoms with E-state index in [9.17, 15) is 4.79 Å². The fourth-order valence-electron chi connectivity index (χ4n) is 3.80. The Balaban J connectivity index is 1.13. The first kappa shape index (κ1) is 20.9. The first-order valence-electron chi connectivity index (χ1n) is 10.5. The van der Waals surface area contributed by atoms with E-state index in [0.29, 0.717) is 35.9 Å². The average Bonchev–Trinajstić information content (AvgIpc) is 3.24. The third-order valence-electron chi connectivity index (χ3n) is 5.72. The molecule has 1 amide bonds. The largest absolute Gasteiger partial charge is 0.485 e. The summed E-state index contributed by atoms with van der Waals surface area (Å²) in [5, 5.41) is 8.43. The van der Waals surface area contributed by atoms with Crippen molar-refractivity contribution in [2.75, 3.05) is 33.3 Å². The van der Waals surface area contributed by atoms with Crippen molar-refractivity contribution in [1.82, 2.24) is 20.0 Å². The van der Waals surface area contributed by atoms with Crippen molar-refractivity contribution in [3.8, 4) is 17.2 Å². The van der Waals surface area contributed by atoms with Crippen LogP contribution in [0.3, 0.4) is 0 Å². The number of benzene rings is 2. The number of rotatable bonds is 7. The van der Waals surface area contributed by atoms with E-state index in [-0.39, 0.29) is 17.9 Å². The molecule has 2 aromatic carbocycles. The fraction of sp³-hybridized carbons (Fsp3) is 0.348. The molecule has 5 rings (SSSR count). The summed E-state index contributed by atoms with van der Waals surface area (Å²) in [6.07, 6.45) is 0.200. The highest BCUT2D eigenvalue weighted by Gasteiger charge is 2.36. The highest BCUT2D eigenvalue weighted by atomic mass is 35.5. The molecule has 2 saturated heterocycles. The monoisotopic (exact) mass is 454 g/mol. The minimum Gasteiger partial charge on any atom is -0.485 e. The predicted octanol–water partition coefficient (Wildman–Crippen LogP) is 3.12. The summed E-state index contributed by atoms with van der Waals surface area (Å²) in [5.41, 5.74) is 1.91. The Morgan fingerprint density at radius 1 is 1.09 bits per heavy atom. The lowest BCUT2D eigenvalue weighted by Gasteiger charge is -2.38. The number of methoxy groups -OCH3 is 1. The summed E-state index contributed by atoms with van der Waals surface area (Å²) >= 11 is 6.43. The zero-order valence-electron chi connectivity index (χ0n) is 17.6. The van der Waals surface area contributed by atoms with Gasteiger partial charge in [0.25, 0.3) is 0 Å². The van der Waals surface area contributed by atoms with Crippen LogP contribution in [0.15, 0.2) is 52.9 Å². The maximum Gasteiger partial charge on any atom is 0.311 e. The van der Waals surface area contributed by atoms with Crippen molar-refractivity contribution < 1.29 is 18.7 Å². The molecule has 0 spiro atoms. The molecule has 0 aliphatic carbocycles. The zero-order valence-corrected chi connectivity index (χ0v) is 18.4. The number of ether oxygens (including phenoxy) is 2. The number of amides is 1. The van der Waals surface area contributed by atoms with E-state index >= 15 is 0 Å². The van der Waals surface area contributed by atoms with Crippen LogP contribution >= 0.6 is 11.6 Å². The maximum absolute atomic E-state index is 12.6. The summed E-state index contributed by atoms with van der Waals surface area (Å²) in [7, 11) is 1.74. The number of nitrogens with zero attached hydrogens (tertiary/aromatic N) is 4. The van der Waals surface area contributed by atoms with Crippen molar-refractivity contribution in [1.29, 1.82) is 0 Å². The Morgan fingerprint density at radius 2 is 1.88 bits per heavy atom. The highest BCUT2D eigenvalue weighted by molar-refractivity contribution is 6.32. The van der Waals surface area contributed by atoms with E-state index in [2.05, 4.69) is 15.1 Å². The number of likely N-dealkylation sites (tertiary alicyclic amines) is 2. The van der Waals surface area contributed by atoms with E-state index in [0.717, 1.165) is 30.8 Å². The SMILES string of the molecule is COC1CN(Cc2ccc(OC3CN(C(=O)c4nnc(-c5ccccc5)o4)C3)c(Cl)c2)C1. The van der Waals surface area contributed by atoms with E-state index < -0.39 is 0 Å². The number of halogens is 1. The topological polar surface area (TPSA) is 80.9 Å². The van der Waals surface area contributed by atoms with Gasteiger partial charge in [-0.2, -0.15) is 0 Å². The van der Waals surface area contributed by atoms with Gasteiger partial charge in [0.15, 0.2) is 0 Å². The summed E-state index contributed by atoms with van der Waals surface area (Å²) in [5.74, 6) is 0.622. The van der Waals surface area contributed by atoms with Gasteiger partial charge in [-0.05, 0) is 29.8 Å². The summed E-state index contributed by atoms with van der Waals surface area (Å²) in [4.78, 5) is 16.5. The summed E-state index contributed by atoms with van der Waals surface area (Å²) in [6.45, 7) is 3.58. The van der Waals surface area contributed by atoms with E-state index in [4.69, 9.17) is 25.5 Å². The normalized spacial score (nSPS) is 17.1. The summed E-state index contributed by atoms with van der Waals surface area (Å²) in [6, 6.07) is 15.2. The van der Waals surface area contributed by atoms with Crippen LogP contribution in [0.5, 0.6) is 5.75 Å². The van der Waals surface area contributed by atoms with Gasteiger partial charge in [0.1, 0.15) is 11.9 Å². The van der Waals surface area contributed by atoms with Crippen LogP contribution in [-0.4, -0.2) is 71.4 Å². The molecule has 0 saturated carbocycles. The van der Waals surface area contributed by atoms with Crippen LogP contribution in [0, 0.1) is 0 Å². The van der Waals surface area contributed by atoms with E-state index in [1.807, 2.05) is 48.5 Å². The van der Waals surface area contributed by atoms with Crippen molar-refractivity contribution in [3.05, 3.63) is 65.0 Å². The van der Waals surface area contributed by atoms with Crippen molar-refractivity contribution in [2.45, 2.75) is 18.8 Å². The molecular formula is C23H23ClN4O4. The highest BCUT2D eigenvalue weighted by Crippen LogP contribution is 2.30. The number of carbonyl (C=O) groups is 1. The van der Waals surface area contributed by atoms with Crippen LogP contribution in [0.4, 0.5) is 0 Å². The molecule has 0 bridgehead atoms. The second kappa shape index (κ2) is 8.90. The minimum atomic E-state index is -0.301. The van der Waals surface area contributed by atoms with Gasteiger partial charge >= 0.3 is 11.8 Å². The molecule has 9 heteroatoms. The zero-order chi connectivity index (χ0) is 22.1. The smallest absolute Gasteiger partial charge is 0.311 e. The fourth-order valence-corrected chi connectivity index (χ4v) is 4.05. The second-order valence-electron chi connectivity index (χ2n) is 8.04. The van der Waals surface area contributed by atoms with Gasteiger partial charge in [-0.25, -0.2) is 0 Å². The molecule has 0 atom stereocenters. The van der Waals surface area contributed by atoms with Crippen molar-refractivity contribution >= 4 is 17.5 Å². The molecular weight excluding hydrogens is 432 g/mol. The molecule has 2 fully saturated rings. The van der Waals surface area contributed by atoms with Crippen LogP contribution < -0.4 is 4.74 Å². The average molecular weight is 455 g/mol. The first-order chi connectivity index (χ1) is 15.6. The van der Waals surface area contributed by atoms with Gasteiger partial charge in [-0.1, -0.05) is 35.9 Å². The van der Waals surface area contributed by atoms with E-state index in [1.54, 1.807) is 12.0 Å². The van der Waals surface area contributed by atoms with Crippen LogP contribution in [-0.2, 0) is 11.3 Å². The lowest BCUT2D eigenvalue weighted by molar-refractivity contribution is -0.0334. The molecule has 2 aliphatic heterocycles. The van der Waals surface area contributed by atoms with E-state index in [1.165, 1.54) is 0 Å². The third kappa shape index (κ3) is 4.34. The molecule has 0 N–H and O–H groups in total. The molecule has 1 aromatic heterocycles. The Morgan fingerprint density at radius 3 is 2.59 bits per heavy atom. The van der Waals surface area contributed by atoms with Gasteiger partial charge in [-0.3, -0.25) is 9.69 Å². The molecule has 0 radical (unpaired) electrons. The first-order valence-corrected chi connectivity index (χ1v) is 10.9. The molecule has 8 nitrogen and oxygen atoms in total. The number of hydrogen-bond acceptors (Lipinski definition) is 7. The predicted molar refractivity (Wildman–Crippen MR) is 118 cm³/mol. The Kier molecular flexibility index (Phi) is 5.82. The van der Waals surface area contributed by atoms with Crippen LogP contribution in [0.1, 0.15) is 16.2 Å². The molecule has 3 aromatic rings.